The van der Waals surface area contributed by atoms with Gasteiger partial charge < -0.3 is 0 Å². The number of hydrogen-bond donors (Lipinski definition) is 1. The quantitative estimate of drug-likeness (QED) is 0.295. The number of benzene rings is 1. The van der Waals surface area contributed by atoms with Crippen molar-refractivity contribution in [2.45, 2.75) is 149 Å². The van der Waals surface area contributed by atoms with E-state index in [4.69, 9.17) is 0 Å². The molecule has 0 aliphatic heterocycles. The predicted molar refractivity (Wildman–Crippen MR) is 230 cm³/mol. The molecule has 0 unspecified atom stereocenters. The standard InChI is InChI=1S/C10H14O2S.C7H10O2S2.C6H12O2S.C4H11NO2S.2C4H10O2S/c1-8(2)13(11,12)10-6-4-9(3)5-7-10;1-6(2)11(8,9)7-4-3-5-10-7;1-5(2)9(7,8)6-3-4-6;1-4(2)8(6,7)5-3;2*1-4(2)7(3,5)6/h4-8H,1-3H3;3-6H,1-2H3;5-6H,3-4H2,1-2H3;4-5H,1-3H3;2*4H,1-3H3. The van der Waals surface area contributed by atoms with E-state index in [0.29, 0.717) is 9.10 Å². The fraction of sp³-hybridized carbons (Fsp3) is 0.714. The zero-order valence-electron chi connectivity index (χ0n) is 35.3. The van der Waals surface area contributed by atoms with E-state index in [0.717, 1.165) is 18.4 Å². The van der Waals surface area contributed by atoms with E-state index in [9.17, 15) is 50.5 Å². The molecule has 1 N–H and O–H groups in total. The van der Waals surface area contributed by atoms with Gasteiger partial charge in [-0.3, -0.25) is 0 Å². The maximum Gasteiger partial charge on any atom is 0.213 e. The van der Waals surface area contributed by atoms with Crippen molar-refractivity contribution in [3.63, 3.8) is 0 Å². The minimum atomic E-state index is -3.09. The van der Waals surface area contributed by atoms with Crippen LogP contribution in [0.15, 0.2) is 50.9 Å². The van der Waals surface area contributed by atoms with E-state index >= 15 is 0 Å². The van der Waals surface area contributed by atoms with E-state index in [1.165, 1.54) is 30.9 Å². The van der Waals surface area contributed by atoms with Crippen LogP contribution in [-0.2, 0) is 59.2 Å². The first-order valence-corrected chi connectivity index (χ1v) is 28.6. The van der Waals surface area contributed by atoms with E-state index in [-0.39, 0.29) is 36.7 Å². The summed E-state index contributed by atoms with van der Waals surface area (Å²) in [5.41, 5.74) is 1.07. The monoisotopic (exact) mass is 917 g/mol. The summed E-state index contributed by atoms with van der Waals surface area (Å²) in [6.07, 6.45) is 4.25. The molecule has 20 heteroatoms. The Labute approximate surface area is 339 Å². The molecule has 1 heterocycles. The second kappa shape index (κ2) is 24.5. The molecule has 55 heavy (non-hydrogen) atoms. The minimum Gasteiger partial charge on any atom is -0.229 e. The fourth-order valence-corrected chi connectivity index (χ4v) is 8.23. The van der Waals surface area contributed by atoms with Crippen LogP contribution < -0.4 is 4.72 Å². The summed E-state index contributed by atoms with van der Waals surface area (Å²) in [4.78, 5) is 0.410. The Hall–Kier alpha value is -1.42. The third-order valence-corrected chi connectivity index (χ3v) is 21.3. The molecule has 0 saturated heterocycles. The van der Waals surface area contributed by atoms with Crippen LogP contribution in [0.1, 0.15) is 101 Å². The zero-order valence-corrected chi connectivity index (χ0v) is 41.0. The molecule has 326 valence electrons. The number of thiophene rings is 1. The highest BCUT2D eigenvalue weighted by molar-refractivity contribution is 7.94. The second-order valence-corrected chi connectivity index (χ2v) is 30.9. The van der Waals surface area contributed by atoms with Gasteiger partial charge in [0.05, 0.1) is 41.6 Å². The predicted octanol–water partition coefficient (Wildman–Crippen LogP) is 5.90. The average molecular weight is 918 g/mol. The molecule has 0 bridgehead atoms. The van der Waals surface area contributed by atoms with Gasteiger partial charge in [0.2, 0.25) is 10.0 Å². The van der Waals surface area contributed by atoms with Crippen molar-refractivity contribution in [3.05, 3.63) is 47.3 Å². The lowest BCUT2D eigenvalue weighted by molar-refractivity contribution is 0.578. The summed E-state index contributed by atoms with van der Waals surface area (Å²) >= 11 is 1.27. The Morgan fingerprint density at radius 3 is 1.09 bits per heavy atom. The Kier molecular flexibility index (Phi) is 25.8. The number of sulfone groups is 5. The molecule has 1 aromatic carbocycles. The molecule has 13 nitrogen and oxygen atoms in total. The molecule has 0 radical (unpaired) electrons. The van der Waals surface area contributed by atoms with Crippen LogP contribution in [0.25, 0.3) is 0 Å². The lowest BCUT2D eigenvalue weighted by atomic mass is 10.2. The van der Waals surface area contributed by atoms with E-state index in [2.05, 4.69) is 4.72 Å². The van der Waals surface area contributed by atoms with Crippen LogP contribution in [0.5, 0.6) is 0 Å². The van der Waals surface area contributed by atoms with Gasteiger partial charge in [-0.25, -0.2) is 55.2 Å². The Balaban J connectivity index is -0.000000600. The fourth-order valence-electron chi connectivity index (χ4n) is 2.67. The number of sulfonamides is 1. The van der Waals surface area contributed by atoms with Gasteiger partial charge in [-0.2, -0.15) is 0 Å². The van der Waals surface area contributed by atoms with Gasteiger partial charge in [0.15, 0.2) is 29.5 Å². The lowest BCUT2D eigenvalue weighted by Gasteiger charge is -2.07. The first kappa shape index (κ1) is 57.9. The molecule has 0 atom stereocenters. The van der Waals surface area contributed by atoms with Gasteiger partial charge in [-0.15, -0.1) is 11.3 Å². The molecule has 0 amide bonds. The highest BCUT2D eigenvalue weighted by atomic mass is 32.2. The molecule has 1 fully saturated rings. The topological polar surface area (TPSA) is 217 Å². The molecule has 2 aromatic rings. The SMILES string of the molecule is CC(C)S(=O)(=O)C1CC1.CC(C)S(=O)(=O)c1cccs1.CC(C)S(C)(=O)=O.CC(C)S(C)(=O)=O.CNS(=O)(=O)C(C)C.Cc1ccc(S(=O)(=O)C(C)C)cc1. The first-order valence-electron chi connectivity index (χ1n) is 17.5. The van der Waals surface area contributed by atoms with Crippen molar-refractivity contribution < 1.29 is 50.5 Å². The molecule has 1 saturated carbocycles. The van der Waals surface area contributed by atoms with Crippen LogP contribution in [0.3, 0.4) is 0 Å². The number of hydrogen-bond acceptors (Lipinski definition) is 13. The van der Waals surface area contributed by atoms with Gasteiger partial charge in [-0.1, -0.05) is 23.8 Å². The third-order valence-electron chi connectivity index (χ3n) is 7.63. The molecule has 1 aromatic heterocycles. The molecule has 3 rings (SSSR count). The largest absolute Gasteiger partial charge is 0.229 e. The summed E-state index contributed by atoms with van der Waals surface area (Å²) in [7, 11) is -15.9. The Morgan fingerprint density at radius 1 is 0.545 bits per heavy atom. The normalized spacial score (nSPS) is 13.7. The zero-order chi connectivity index (χ0) is 44.6. The Morgan fingerprint density at radius 2 is 0.909 bits per heavy atom. The van der Waals surface area contributed by atoms with Crippen molar-refractivity contribution in [1.29, 1.82) is 0 Å². The van der Waals surface area contributed by atoms with Gasteiger partial charge in [-0.05, 0) is 133 Å². The van der Waals surface area contributed by atoms with Crippen LogP contribution in [-0.4, -0.2) is 107 Å². The summed E-state index contributed by atoms with van der Waals surface area (Å²) in [5, 5.41) is 0.154. The van der Waals surface area contributed by atoms with Gasteiger partial charge in [0.1, 0.15) is 23.9 Å². The van der Waals surface area contributed by atoms with Gasteiger partial charge in [0, 0.05) is 12.5 Å². The highest BCUT2D eigenvalue weighted by Gasteiger charge is 2.37. The molecule has 0 spiro atoms. The van der Waals surface area contributed by atoms with Gasteiger partial charge in [0.25, 0.3) is 0 Å². The Bertz CT molecular complexity index is 2000. The smallest absolute Gasteiger partial charge is 0.213 e. The minimum absolute atomic E-state index is 0.0116. The van der Waals surface area contributed by atoms with Crippen molar-refractivity contribution in [2.24, 2.45) is 0 Å². The van der Waals surface area contributed by atoms with Crippen molar-refractivity contribution >= 4 is 70.5 Å². The second-order valence-electron chi connectivity index (χ2n) is 14.3. The van der Waals surface area contributed by atoms with Crippen molar-refractivity contribution in [2.75, 3.05) is 19.6 Å². The van der Waals surface area contributed by atoms with Crippen molar-refractivity contribution in [3.8, 4) is 0 Å². The van der Waals surface area contributed by atoms with Crippen LogP contribution in [0.2, 0.25) is 0 Å². The van der Waals surface area contributed by atoms with Crippen LogP contribution in [0, 0.1) is 6.92 Å². The van der Waals surface area contributed by atoms with E-state index in [1.54, 1.807) is 113 Å². The first-order chi connectivity index (χ1) is 24.4. The summed E-state index contributed by atoms with van der Waals surface area (Å²) in [6.45, 7) is 22.1. The summed E-state index contributed by atoms with van der Waals surface area (Å²) in [6, 6.07) is 10.3. The summed E-state index contributed by atoms with van der Waals surface area (Å²) in [5.74, 6) is 0. The van der Waals surface area contributed by atoms with E-state index in [1.807, 2.05) is 19.1 Å². The number of nitrogens with one attached hydrogen (secondary N) is 1. The van der Waals surface area contributed by atoms with Crippen molar-refractivity contribution in [1.82, 2.24) is 4.72 Å². The third kappa shape index (κ3) is 23.5. The molecular formula is C35H67NO12S7. The summed E-state index contributed by atoms with van der Waals surface area (Å²) < 4.78 is 133. The van der Waals surface area contributed by atoms with E-state index < -0.39 is 59.2 Å². The maximum atomic E-state index is 11.6. The average Bonchev–Trinajstić information content (AvgIpc) is 3.76. The number of rotatable bonds is 10. The molecule has 1 aliphatic rings. The van der Waals surface area contributed by atoms with Crippen LogP contribution in [0.4, 0.5) is 0 Å². The highest BCUT2D eigenvalue weighted by Crippen LogP contribution is 2.31. The maximum absolute atomic E-state index is 11.6. The van der Waals surface area contributed by atoms with Gasteiger partial charge >= 0.3 is 0 Å². The molecule has 1 aliphatic carbocycles. The molecular weight excluding hydrogens is 851 g/mol. The number of aryl methyl sites for hydroxylation is 1. The lowest BCUT2D eigenvalue weighted by Crippen LogP contribution is -2.26. The van der Waals surface area contributed by atoms with Crippen LogP contribution >= 0.6 is 11.3 Å².